The van der Waals surface area contributed by atoms with Gasteiger partial charge in [-0.15, -0.1) is 0 Å². The molecule has 44 heavy (non-hydrogen) atoms. The van der Waals surface area contributed by atoms with Crippen molar-refractivity contribution in [1.82, 2.24) is 0 Å². The second-order valence-corrected chi connectivity index (χ2v) is 11.2. The van der Waals surface area contributed by atoms with Gasteiger partial charge in [-0.05, 0) is 18.6 Å². The third-order valence-corrected chi connectivity index (χ3v) is 7.28. The first kappa shape index (κ1) is 40.3. The monoisotopic (exact) mass is 650 g/mol. The zero-order chi connectivity index (χ0) is 31.8. The molecule has 0 bridgehead atoms. The molecule has 0 saturated heterocycles. The maximum absolute atomic E-state index is 12.0. The Bertz CT molecular complexity index is 870. The van der Waals surface area contributed by atoms with E-state index in [-0.39, 0.29) is 30.7 Å². The number of ether oxygens (including phenoxy) is 8. The van der Waals surface area contributed by atoms with Crippen molar-refractivity contribution in [2.45, 2.75) is 56.8 Å². The van der Waals surface area contributed by atoms with E-state index < -0.39 is 10.1 Å². The van der Waals surface area contributed by atoms with Crippen LogP contribution in [0.25, 0.3) is 0 Å². The van der Waals surface area contributed by atoms with Gasteiger partial charge in [0.05, 0.1) is 104 Å². The van der Waals surface area contributed by atoms with Crippen LogP contribution >= 0.6 is 0 Å². The molecule has 0 aliphatic carbocycles. The van der Waals surface area contributed by atoms with Crippen LogP contribution in [0.3, 0.4) is 0 Å². The molecule has 0 spiro atoms. The van der Waals surface area contributed by atoms with E-state index in [4.69, 9.17) is 42.1 Å². The molecule has 0 heterocycles. The van der Waals surface area contributed by atoms with Crippen LogP contribution in [-0.2, 0) is 57.0 Å². The van der Waals surface area contributed by atoms with Crippen molar-refractivity contribution in [1.29, 1.82) is 0 Å². The lowest BCUT2D eigenvalue weighted by molar-refractivity contribution is -0.145. The smallest absolute Gasteiger partial charge is 0.305 e. The van der Waals surface area contributed by atoms with Gasteiger partial charge < -0.3 is 37.9 Å². The molecule has 0 radical (unpaired) electrons. The van der Waals surface area contributed by atoms with Gasteiger partial charge in [-0.25, -0.2) is 0 Å². The van der Waals surface area contributed by atoms with Gasteiger partial charge in [0.1, 0.15) is 6.61 Å². The van der Waals surface area contributed by atoms with Crippen molar-refractivity contribution in [2.75, 3.05) is 106 Å². The highest BCUT2D eigenvalue weighted by molar-refractivity contribution is 7.86. The molecule has 0 fully saturated rings. The number of carbonyl (C=O) groups excluding carboxylic acids is 1. The third-order valence-electron chi connectivity index (χ3n) is 5.96. The molecule has 12 nitrogen and oxygen atoms in total. The maximum atomic E-state index is 12.0. The van der Waals surface area contributed by atoms with E-state index in [2.05, 4.69) is 6.92 Å². The quantitative estimate of drug-likeness (QED) is 0.0622. The van der Waals surface area contributed by atoms with E-state index >= 15 is 0 Å². The fourth-order valence-corrected chi connectivity index (χ4v) is 4.53. The summed E-state index contributed by atoms with van der Waals surface area (Å²) < 4.78 is 71.9. The summed E-state index contributed by atoms with van der Waals surface area (Å²) in [6.07, 6.45) is 7.37. The van der Waals surface area contributed by atoms with Crippen molar-refractivity contribution in [3.05, 3.63) is 30.3 Å². The number of hydrogen-bond acceptors (Lipinski definition) is 12. The standard InChI is InChI=1S/C31H54O12S/c1-2-3-4-5-6-10-13-31(32)42-28-26-40-24-22-38-20-18-36-16-14-35-15-17-37-19-21-39-23-25-41-27-29-43-44(33,34)30-11-8-7-9-12-30/h7-9,11-12H,2-6,10,13-29H2,1H3. The molecule has 13 heteroatoms. The summed E-state index contributed by atoms with van der Waals surface area (Å²) in [6, 6.07) is 7.97. The lowest BCUT2D eigenvalue weighted by Gasteiger charge is -2.09. The minimum absolute atomic E-state index is 0.0594. The fourth-order valence-electron chi connectivity index (χ4n) is 3.62. The van der Waals surface area contributed by atoms with Crippen LogP contribution in [0.4, 0.5) is 0 Å². The van der Waals surface area contributed by atoms with E-state index in [9.17, 15) is 13.2 Å². The van der Waals surface area contributed by atoms with Gasteiger partial charge >= 0.3 is 5.97 Å². The van der Waals surface area contributed by atoms with E-state index in [1.165, 1.54) is 37.8 Å². The van der Waals surface area contributed by atoms with Crippen molar-refractivity contribution in [2.24, 2.45) is 0 Å². The fraction of sp³-hybridized carbons (Fsp3) is 0.774. The Morgan fingerprint density at radius 2 is 0.909 bits per heavy atom. The van der Waals surface area contributed by atoms with Gasteiger partial charge in [0.15, 0.2) is 0 Å². The predicted octanol–water partition coefficient (Wildman–Crippen LogP) is 3.80. The zero-order valence-corrected chi connectivity index (χ0v) is 27.3. The van der Waals surface area contributed by atoms with Gasteiger partial charge in [-0.2, -0.15) is 8.42 Å². The van der Waals surface area contributed by atoms with E-state index in [1.807, 2.05) is 0 Å². The van der Waals surface area contributed by atoms with Crippen molar-refractivity contribution in [3.8, 4) is 0 Å². The SMILES string of the molecule is CCCCCCCCC(=O)OCCOCCOCCOCCOCCOCCOCCOCCOS(=O)(=O)c1ccccc1. The highest BCUT2D eigenvalue weighted by Crippen LogP contribution is 2.11. The summed E-state index contributed by atoms with van der Waals surface area (Å²) in [4.78, 5) is 11.8. The Morgan fingerprint density at radius 1 is 0.523 bits per heavy atom. The molecule has 1 aromatic rings. The summed E-state index contributed by atoms with van der Waals surface area (Å²) in [7, 11) is -3.76. The normalized spacial score (nSPS) is 11.7. The summed E-state index contributed by atoms with van der Waals surface area (Å²) in [5.74, 6) is -0.153. The molecule has 256 valence electrons. The Morgan fingerprint density at radius 3 is 1.36 bits per heavy atom. The van der Waals surface area contributed by atoms with Crippen LogP contribution in [0.5, 0.6) is 0 Å². The van der Waals surface area contributed by atoms with Gasteiger partial charge in [0.2, 0.25) is 0 Å². The molecule has 0 saturated carbocycles. The first-order valence-corrected chi connectivity index (χ1v) is 17.1. The second-order valence-electron chi connectivity index (χ2n) is 9.61. The third kappa shape index (κ3) is 25.6. The molecule has 0 aliphatic heterocycles. The first-order valence-electron chi connectivity index (χ1n) is 15.7. The first-order chi connectivity index (χ1) is 21.6. The summed E-state index contributed by atoms with van der Waals surface area (Å²) in [6.45, 7) is 8.16. The number of esters is 1. The van der Waals surface area contributed by atoms with Crippen LogP contribution in [-0.4, -0.2) is 120 Å². The summed E-state index contributed by atoms with van der Waals surface area (Å²) in [5.41, 5.74) is 0. The van der Waals surface area contributed by atoms with Crippen LogP contribution in [0.2, 0.25) is 0 Å². The van der Waals surface area contributed by atoms with Crippen molar-refractivity contribution < 1.29 is 55.3 Å². The van der Waals surface area contributed by atoms with Crippen LogP contribution in [0, 0.1) is 0 Å². The predicted molar refractivity (Wildman–Crippen MR) is 164 cm³/mol. The van der Waals surface area contributed by atoms with Gasteiger partial charge in [-0.3, -0.25) is 8.98 Å². The molecule has 0 N–H and O–H groups in total. The molecular formula is C31H54O12S. The topological polar surface area (TPSA) is 134 Å². The van der Waals surface area contributed by atoms with Crippen molar-refractivity contribution in [3.63, 3.8) is 0 Å². The Hall–Kier alpha value is -1.68. The minimum Gasteiger partial charge on any atom is -0.463 e. The molecule has 0 atom stereocenters. The molecule has 1 aromatic carbocycles. The Labute approximate surface area is 264 Å². The maximum Gasteiger partial charge on any atom is 0.305 e. The average Bonchev–Trinajstić information content (AvgIpc) is 3.03. The van der Waals surface area contributed by atoms with Crippen molar-refractivity contribution >= 4 is 16.1 Å². The van der Waals surface area contributed by atoms with Gasteiger partial charge in [-0.1, -0.05) is 57.2 Å². The Kier molecular flexibility index (Phi) is 27.5. The van der Waals surface area contributed by atoms with E-state index in [0.717, 1.165) is 12.8 Å². The summed E-state index contributed by atoms with van der Waals surface area (Å²) >= 11 is 0. The van der Waals surface area contributed by atoms with Crippen LogP contribution < -0.4 is 0 Å². The molecule has 1 rings (SSSR count). The lowest BCUT2D eigenvalue weighted by atomic mass is 10.1. The number of hydrogen-bond donors (Lipinski definition) is 0. The molecule has 0 aliphatic rings. The number of unbranched alkanes of at least 4 members (excludes halogenated alkanes) is 5. The van der Waals surface area contributed by atoms with E-state index in [1.54, 1.807) is 18.2 Å². The number of carbonyl (C=O) groups is 1. The average molecular weight is 651 g/mol. The van der Waals surface area contributed by atoms with Crippen LogP contribution in [0.15, 0.2) is 35.2 Å². The molecule has 0 amide bonds. The van der Waals surface area contributed by atoms with Gasteiger partial charge in [0, 0.05) is 6.42 Å². The highest BCUT2D eigenvalue weighted by Gasteiger charge is 2.13. The van der Waals surface area contributed by atoms with E-state index in [0.29, 0.717) is 92.3 Å². The van der Waals surface area contributed by atoms with Gasteiger partial charge in [0.25, 0.3) is 10.1 Å². The molecular weight excluding hydrogens is 596 g/mol. The summed E-state index contributed by atoms with van der Waals surface area (Å²) in [5, 5.41) is 0. The minimum atomic E-state index is -3.76. The van der Waals surface area contributed by atoms with Crippen LogP contribution in [0.1, 0.15) is 51.9 Å². The molecule has 0 unspecified atom stereocenters. The lowest BCUT2D eigenvalue weighted by Crippen LogP contribution is -2.15. The zero-order valence-electron chi connectivity index (χ0n) is 26.5. The number of rotatable bonds is 33. The Balaban J connectivity index is 1.70. The number of benzene rings is 1. The largest absolute Gasteiger partial charge is 0.463 e. The molecule has 0 aromatic heterocycles. The second kappa shape index (κ2) is 30.0. The highest BCUT2D eigenvalue weighted by atomic mass is 32.2.